The van der Waals surface area contributed by atoms with Crippen LogP contribution in [0.2, 0.25) is 0 Å². The summed E-state index contributed by atoms with van der Waals surface area (Å²) >= 11 is 0. The van der Waals surface area contributed by atoms with Gasteiger partial charge in [-0.3, -0.25) is 0 Å². The van der Waals surface area contributed by atoms with Gasteiger partial charge >= 0.3 is 0 Å². The van der Waals surface area contributed by atoms with Crippen LogP contribution in [0.15, 0.2) is 42.5 Å². The molecule has 0 heterocycles. The molecule has 1 fully saturated rings. The van der Waals surface area contributed by atoms with Crippen LogP contribution in [0.5, 0.6) is 0 Å². The molecule has 20 heavy (non-hydrogen) atoms. The summed E-state index contributed by atoms with van der Waals surface area (Å²) in [6.45, 7) is 4.74. The fraction of sp³-hybridized carbons (Fsp3) is 0.474. The molecule has 0 radical (unpaired) electrons. The summed E-state index contributed by atoms with van der Waals surface area (Å²) in [7, 11) is 0. The summed E-state index contributed by atoms with van der Waals surface area (Å²) in [6, 6.07) is 15.9. The van der Waals surface area contributed by atoms with E-state index < -0.39 is 0 Å². The summed E-state index contributed by atoms with van der Waals surface area (Å²) < 4.78 is 0. The summed E-state index contributed by atoms with van der Waals surface area (Å²) in [6.07, 6.45) is 5.07. The molecule has 1 heteroatoms. The van der Waals surface area contributed by atoms with Crippen LogP contribution in [-0.4, -0.2) is 6.04 Å². The highest BCUT2D eigenvalue weighted by molar-refractivity contribution is 5.83. The third kappa shape index (κ3) is 2.35. The second-order valence-electron chi connectivity index (χ2n) is 6.84. The van der Waals surface area contributed by atoms with E-state index >= 15 is 0 Å². The first-order chi connectivity index (χ1) is 9.59. The van der Waals surface area contributed by atoms with Gasteiger partial charge in [-0.05, 0) is 40.5 Å². The number of hydrogen-bond acceptors (Lipinski definition) is 1. The van der Waals surface area contributed by atoms with Gasteiger partial charge in [0.05, 0.1) is 0 Å². The Morgan fingerprint density at radius 3 is 2.40 bits per heavy atom. The van der Waals surface area contributed by atoms with Crippen LogP contribution in [0.1, 0.15) is 45.1 Å². The number of rotatable bonds is 2. The van der Waals surface area contributed by atoms with Crippen LogP contribution in [0.25, 0.3) is 10.8 Å². The topological polar surface area (TPSA) is 26.0 Å². The molecular weight excluding hydrogens is 242 g/mol. The van der Waals surface area contributed by atoms with Crippen LogP contribution < -0.4 is 5.73 Å². The lowest BCUT2D eigenvalue weighted by Gasteiger charge is -2.41. The lowest BCUT2D eigenvalue weighted by Crippen LogP contribution is -2.44. The van der Waals surface area contributed by atoms with Crippen LogP contribution in [-0.2, 0) is 5.41 Å². The second-order valence-corrected chi connectivity index (χ2v) is 6.84. The molecule has 2 aromatic rings. The third-order valence-corrected chi connectivity index (χ3v) is 5.24. The molecule has 3 rings (SSSR count). The lowest BCUT2D eigenvalue weighted by molar-refractivity contribution is 0.203. The van der Waals surface area contributed by atoms with Gasteiger partial charge in [-0.2, -0.15) is 0 Å². The summed E-state index contributed by atoms with van der Waals surface area (Å²) in [5.74, 6) is 0.595. The fourth-order valence-corrected chi connectivity index (χ4v) is 3.86. The van der Waals surface area contributed by atoms with E-state index in [1.54, 1.807) is 0 Å². The Morgan fingerprint density at radius 1 is 0.950 bits per heavy atom. The first-order valence-electron chi connectivity index (χ1n) is 7.84. The Hall–Kier alpha value is -1.34. The van der Waals surface area contributed by atoms with Crippen molar-refractivity contribution >= 4 is 10.8 Å². The minimum Gasteiger partial charge on any atom is -0.327 e. The van der Waals surface area contributed by atoms with Gasteiger partial charge in [0.15, 0.2) is 0 Å². The second kappa shape index (κ2) is 5.21. The maximum absolute atomic E-state index is 6.42. The summed E-state index contributed by atoms with van der Waals surface area (Å²) in [4.78, 5) is 0. The Morgan fingerprint density at radius 2 is 1.65 bits per heavy atom. The molecule has 0 spiro atoms. The highest BCUT2D eigenvalue weighted by Crippen LogP contribution is 2.40. The number of benzene rings is 2. The minimum absolute atomic E-state index is 0.157. The zero-order valence-corrected chi connectivity index (χ0v) is 12.6. The van der Waals surface area contributed by atoms with Gasteiger partial charge < -0.3 is 5.73 Å². The molecule has 0 aromatic heterocycles. The SMILES string of the molecule is CC(C)(c1ccc2ccccc2c1)[C@@H]1CCCC[C@H]1N. The molecule has 0 bridgehead atoms. The first kappa shape index (κ1) is 13.6. The number of nitrogens with two attached hydrogens (primary N) is 1. The predicted octanol–water partition coefficient (Wildman–Crippen LogP) is 4.63. The molecule has 1 aliphatic rings. The Balaban J connectivity index is 1.99. The van der Waals surface area contributed by atoms with Crippen LogP contribution in [0, 0.1) is 5.92 Å². The van der Waals surface area contributed by atoms with E-state index in [1.165, 1.54) is 42.0 Å². The number of fused-ring (bicyclic) bond motifs is 1. The maximum Gasteiger partial charge on any atom is 0.00754 e. The quantitative estimate of drug-likeness (QED) is 0.843. The highest BCUT2D eigenvalue weighted by atomic mass is 14.7. The van der Waals surface area contributed by atoms with E-state index in [-0.39, 0.29) is 5.41 Å². The largest absolute Gasteiger partial charge is 0.327 e. The monoisotopic (exact) mass is 267 g/mol. The zero-order valence-electron chi connectivity index (χ0n) is 12.6. The fourth-order valence-electron chi connectivity index (χ4n) is 3.86. The molecule has 0 unspecified atom stereocenters. The van der Waals surface area contributed by atoms with E-state index in [4.69, 9.17) is 5.73 Å². The van der Waals surface area contributed by atoms with Gasteiger partial charge in [-0.15, -0.1) is 0 Å². The average molecular weight is 267 g/mol. The van der Waals surface area contributed by atoms with Crippen molar-refractivity contribution in [2.24, 2.45) is 11.7 Å². The van der Waals surface area contributed by atoms with Crippen molar-refractivity contribution in [3.05, 3.63) is 48.0 Å². The number of hydrogen-bond donors (Lipinski definition) is 1. The summed E-state index contributed by atoms with van der Waals surface area (Å²) in [5.41, 5.74) is 8.00. The molecule has 2 aromatic carbocycles. The predicted molar refractivity (Wildman–Crippen MR) is 86.9 cm³/mol. The molecule has 0 amide bonds. The van der Waals surface area contributed by atoms with Gasteiger partial charge in [0.1, 0.15) is 0 Å². The average Bonchev–Trinajstić information content (AvgIpc) is 2.47. The Labute approximate surface area is 122 Å². The smallest absolute Gasteiger partial charge is 0.00754 e. The normalized spacial score (nSPS) is 23.9. The van der Waals surface area contributed by atoms with Crippen molar-refractivity contribution in [3.63, 3.8) is 0 Å². The van der Waals surface area contributed by atoms with Gasteiger partial charge in [-0.1, -0.05) is 69.2 Å². The van der Waals surface area contributed by atoms with E-state index in [0.717, 1.165) is 0 Å². The first-order valence-corrected chi connectivity index (χ1v) is 7.84. The highest BCUT2D eigenvalue weighted by Gasteiger charge is 2.36. The standard InChI is InChI=1S/C19H25N/c1-19(2,17-9-5-6-10-18(17)20)16-12-11-14-7-3-4-8-15(14)13-16/h3-4,7-8,11-13,17-18H,5-6,9-10,20H2,1-2H3/t17-,18-/m1/s1. The molecule has 0 aliphatic heterocycles. The van der Waals surface area contributed by atoms with E-state index in [2.05, 4.69) is 56.3 Å². The van der Waals surface area contributed by atoms with Gasteiger partial charge in [0, 0.05) is 6.04 Å². The molecule has 2 atom stereocenters. The Bertz CT molecular complexity index is 599. The molecule has 1 saturated carbocycles. The van der Waals surface area contributed by atoms with E-state index in [1.807, 2.05) is 0 Å². The summed E-state index contributed by atoms with van der Waals surface area (Å²) in [5, 5.41) is 2.66. The van der Waals surface area contributed by atoms with Crippen molar-refractivity contribution in [2.75, 3.05) is 0 Å². The third-order valence-electron chi connectivity index (χ3n) is 5.24. The van der Waals surface area contributed by atoms with E-state index in [9.17, 15) is 0 Å². The van der Waals surface area contributed by atoms with E-state index in [0.29, 0.717) is 12.0 Å². The van der Waals surface area contributed by atoms with Crippen molar-refractivity contribution in [1.29, 1.82) is 0 Å². The molecule has 1 nitrogen and oxygen atoms in total. The van der Waals surface area contributed by atoms with Crippen molar-refractivity contribution in [2.45, 2.75) is 51.0 Å². The van der Waals surface area contributed by atoms with Crippen molar-refractivity contribution in [1.82, 2.24) is 0 Å². The molecule has 2 N–H and O–H groups in total. The van der Waals surface area contributed by atoms with Crippen LogP contribution >= 0.6 is 0 Å². The molecule has 106 valence electrons. The van der Waals surface area contributed by atoms with Gasteiger partial charge in [0.25, 0.3) is 0 Å². The van der Waals surface area contributed by atoms with Crippen molar-refractivity contribution in [3.8, 4) is 0 Å². The van der Waals surface area contributed by atoms with Crippen LogP contribution in [0.3, 0.4) is 0 Å². The van der Waals surface area contributed by atoms with Gasteiger partial charge in [-0.25, -0.2) is 0 Å². The molecule has 0 saturated heterocycles. The molecular formula is C19H25N. The molecule has 1 aliphatic carbocycles. The van der Waals surface area contributed by atoms with Crippen LogP contribution in [0.4, 0.5) is 0 Å². The zero-order chi connectivity index (χ0) is 14.2. The van der Waals surface area contributed by atoms with Gasteiger partial charge in [0.2, 0.25) is 0 Å². The minimum atomic E-state index is 0.157. The maximum atomic E-state index is 6.42. The Kier molecular flexibility index (Phi) is 3.55. The lowest BCUT2D eigenvalue weighted by atomic mass is 9.65. The van der Waals surface area contributed by atoms with Crippen molar-refractivity contribution < 1.29 is 0 Å².